The highest BCUT2D eigenvalue weighted by Crippen LogP contribution is 2.10. The van der Waals surface area contributed by atoms with Gasteiger partial charge in [0.05, 0.1) is 25.9 Å². The summed E-state index contributed by atoms with van der Waals surface area (Å²) in [4.78, 5) is 26.4. The lowest BCUT2D eigenvalue weighted by atomic mass is 10.2. The molecule has 2 unspecified atom stereocenters. The summed E-state index contributed by atoms with van der Waals surface area (Å²) < 4.78 is 11.1. The topological polar surface area (TPSA) is 79.3 Å². The van der Waals surface area contributed by atoms with Crippen LogP contribution in [-0.2, 0) is 19.1 Å². The lowest BCUT2D eigenvalue weighted by Crippen LogP contribution is -2.52. The third kappa shape index (κ3) is 6.55. The van der Waals surface area contributed by atoms with Gasteiger partial charge in [0.25, 0.3) is 5.91 Å². The molecule has 1 N–H and O–H groups in total. The van der Waals surface area contributed by atoms with E-state index in [1.165, 1.54) is 0 Å². The number of carbonyl (C=O) groups is 2. The fraction of sp³-hybridized carbons (Fsp3) is 0.733. The minimum atomic E-state index is -0.879. The van der Waals surface area contributed by atoms with Gasteiger partial charge in [-0.3, -0.25) is 14.5 Å². The van der Waals surface area contributed by atoms with Crippen LogP contribution in [0.1, 0.15) is 13.3 Å². The zero-order chi connectivity index (χ0) is 16.5. The van der Waals surface area contributed by atoms with Crippen molar-refractivity contribution in [2.24, 2.45) is 0 Å². The predicted molar refractivity (Wildman–Crippen MR) is 81.7 cm³/mol. The van der Waals surface area contributed by atoms with Crippen molar-refractivity contribution >= 4 is 11.9 Å². The van der Waals surface area contributed by atoms with E-state index < -0.39 is 12.1 Å². The van der Waals surface area contributed by atoms with E-state index in [0.29, 0.717) is 39.3 Å². The monoisotopic (exact) mass is 314 g/mol. The smallest absolute Gasteiger partial charge is 0.317 e. The largest absolute Gasteiger partial charge is 0.480 e. The molecule has 0 aliphatic carbocycles. The number of rotatable bonds is 9. The summed E-state index contributed by atoms with van der Waals surface area (Å²) in [6, 6.07) is 0. The molecule has 0 aromatic carbocycles. The average Bonchev–Trinajstić information content (AvgIpc) is 2.46. The third-order valence-electron chi connectivity index (χ3n) is 3.41. The van der Waals surface area contributed by atoms with Gasteiger partial charge in [-0.25, -0.2) is 0 Å². The molecular weight excluding hydrogens is 288 g/mol. The Morgan fingerprint density at radius 2 is 2.32 bits per heavy atom. The van der Waals surface area contributed by atoms with Crippen molar-refractivity contribution in [3.05, 3.63) is 12.7 Å². The molecular formula is C15H26N2O5. The first kappa shape index (κ1) is 18.6. The maximum Gasteiger partial charge on any atom is 0.317 e. The van der Waals surface area contributed by atoms with Gasteiger partial charge in [0.1, 0.15) is 6.10 Å². The van der Waals surface area contributed by atoms with Crippen molar-refractivity contribution in [3.8, 4) is 0 Å². The molecule has 7 heteroatoms. The first-order valence-electron chi connectivity index (χ1n) is 7.47. The Labute approximate surface area is 131 Å². The van der Waals surface area contributed by atoms with E-state index >= 15 is 0 Å². The molecule has 0 saturated carbocycles. The van der Waals surface area contributed by atoms with Crippen molar-refractivity contribution in [3.63, 3.8) is 0 Å². The van der Waals surface area contributed by atoms with Crippen molar-refractivity contribution in [2.75, 3.05) is 46.4 Å². The van der Waals surface area contributed by atoms with Crippen LogP contribution in [0.3, 0.4) is 0 Å². The standard InChI is InChI=1S/C15H26N2O5/c1-4-5-7-21-12(2)15(20)17-6-8-22-13(10-17)9-16(3)11-14(18)19/h4,12-13H,1,5-11H2,2-3H3,(H,18,19). The van der Waals surface area contributed by atoms with Gasteiger partial charge in [0, 0.05) is 19.6 Å². The normalized spacial score (nSPS) is 20.0. The lowest BCUT2D eigenvalue weighted by Gasteiger charge is -2.35. The summed E-state index contributed by atoms with van der Waals surface area (Å²) in [5, 5.41) is 8.76. The number of aliphatic carboxylic acids is 1. The Hall–Kier alpha value is -1.44. The molecule has 0 bridgehead atoms. The van der Waals surface area contributed by atoms with Crippen LogP contribution in [0.4, 0.5) is 0 Å². The van der Waals surface area contributed by atoms with E-state index in [-0.39, 0.29) is 18.6 Å². The molecule has 1 fully saturated rings. The van der Waals surface area contributed by atoms with E-state index in [4.69, 9.17) is 14.6 Å². The first-order valence-corrected chi connectivity index (χ1v) is 7.47. The summed E-state index contributed by atoms with van der Waals surface area (Å²) in [6.07, 6.45) is 1.79. The lowest BCUT2D eigenvalue weighted by molar-refractivity contribution is -0.151. The summed E-state index contributed by atoms with van der Waals surface area (Å²) in [5.74, 6) is -0.936. The number of ether oxygens (including phenoxy) is 2. The second kappa shape index (κ2) is 9.55. The number of hydrogen-bond donors (Lipinski definition) is 1. The number of amides is 1. The van der Waals surface area contributed by atoms with Crippen molar-refractivity contribution in [1.82, 2.24) is 9.80 Å². The van der Waals surface area contributed by atoms with E-state index in [1.807, 2.05) is 0 Å². The van der Waals surface area contributed by atoms with E-state index in [1.54, 1.807) is 29.8 Å². The predicted octanol–water partition coefficient (Wildman–Crippen LogP) is 0.211. The van der Waals surface area contributed by atoms with Crippen LogP contribution in [0, 0.1) is 0 Å². The Balaban J connectivity index is 2.42. The molecule has 126 valence electrons. The molecule has 0 spiro atoms. The van der Waals surface area contributed by atoms with Crippen LogP contribution < -0.4 is 0 Å². The minimum absolute atomic E-state index is 0.0468. The number of carbonyl (C=O) groups excluding carboxylic acids is 1. The molecule has 1 heterocycles. The van der Waals surface area contributed by atoms with Crippen molar-refractivity contribution in [1.29, 1.82) is 0 Å². The Morgan fingerprint density at radius 1 is 1.59 bits per heavy atom. The molecule has 1 aliphatic rings. The summed E-state index contributed by atoms with van der Waals surface area (Å²) in [5.41, 5.74) is 0. The Bertz CT molecular complexity index is 388. The number of morpholine rings is 1. The fourth-order valence-corrected chi connectivity index (χ4v) is 2.33. The van der Waals surface area contributed by atoms with Gasteiger partial charge in [-0.2, -0.15) is 0 Å². The number of hydrogen-bond acceptors (Lipinski definition) is 5. The van der Waals surface area contributed by atoms with Crippen LogP contribution in [0.15, 0.2) is 12.7 Å². The van der Waals surface area contributed by atoms with Crippen LogP contribution in [0.25, 0.3) is 0 Å². The van der Waals surface area contributed by atoms with Gasteiger partial charge >= 0.3 is 5.97 Å². The molecule has 0 aromatic heterocycles. The van der Waals surface area contributed by atoms with Gasteiger partial charge in [-0.05, 0) is 20.4 Å². The number of nitrogens with zero attached hydrogens (tertiary/aromatic N) is 2. The Morgan fingerprint density at radius 3 is 2.95 bits per heavy atom. The summed E-state index contributed by atoms with van der Waals surface area (Å²) >= 11 is 0. The molecule has 0 aromatic rings. The highest BCUT2D eigenvalue weighted by Gasteiger charge is 2.28. The van der Waals surface area contributed by atoms with E-state index in [9.17, 15) is 9.59 Å². The first-order chi connectivity index (χ1) is 10.4. The van der Waals surface area contributed by atoms with Crippen LogP contribution in [-0.4, -0.2) is 85.4 Å². The Kier molecular flexibility index (Phi) is 8.08. The van der Waals surface area contributed by atoms with Crippen LogP contribution in [0.5, 0.6) is 0 Å². The molecule has 22 heavy (non-hydrogen) atoms. The molecule has 0 radical (unpaired) electrons. The maximum atomic E-state index is 12.3. The van der Waals surface area contributed by atoms with Gasteiger partial charge in [-0.15, -0.1) is 6.58 Å². The SMILES string of the molecule is C=CCCOC(C)C(=O)N1CCOC(CN(C)CC(=O)O)C1. The average molecular weight is 314 g/mol. The van der Waals surface area contributed by atoms with E-state index in [0.717, 1.165) is 0 Å². The zero-order valence-electron chi connectivity index (χ0n) is 13.4. The van der Waals surface area contributed by atoms with Gasteiger partial charge < -0.3 is 19.5 Å². The molecule has 1 amide bonds. The highest BCUT2D eigenvalue weighted by atomic mass is 16.5. The van der Waals surface area contributed by atoms with Crippen molar-refractivity contribution < 1.29 is 24.2 Å². The van der Waals surface area contributed by atoms with Crippen LogP contribution >= 0.6 is 0 Å². The molecule has 7 nitrogen and oxygen atoms in total. The van der Waals surface area contributed by atoms with Crippen molar-refractivity contribution in [2.45, 2.75) is 25.6 Å². The van der Waals surface area contributed by atoms with Gasteiger partial charge in [0.15, 0.2) is 0 Å². The quantitative estimate of drug-likeness (QED) is 0.484. The third-order valence-corrected chi connectivity index (χ3v) is 3.41. The fourth-order valence-electron chi connectivity index (χ4n) is 2.33. The molecule has 2 atom stereocenters. The summed E-state index contributed by atoms with van der Waals surface area (Å²) in [7, 11) is 1.72. The highest BCUT2D eigenvalue weighted by molar-refractivity contribution is 5.80. The van der Waals surface area contributed by atoms with E-state index in [2.05, 4.69) is 6.58 Å². The minimum Gasteiger partial charge on any atom is -0.480 e. The second-order valence-corrected chi connectivity index (χ2v) is 5.46. The second-order valence-electron chi connectivity index (χ2n) is 5.46. The molecule has 1 saturated heterocycles. The summed E-state index contributed by atoms with van der Waals surface area (Å²) in [6.45, 7) is 7.71. The zero-order valence-corrected chi connectivity index (χ0v) is 13.4. The number of likely N-dealkylation sites (N-methyl/N-ethyl adjacent to an activating group) is 1. The van der Waals surface area contributed by atoms with Crippen LogP contribution in [0.2, 0.25) is 0 Å². The number of carboxylic acid groups (broad SMARTS) is 1. The van der Waals surface area contributed by atoms with Gasteiger partial charge in [0.2, 0.25) is 0 Å². The van der Waals surface area contributed by atoms with Gasteiger partial charge in [-0.1, -0.05) is 6.08 Å². The number of carboxylic acids is 1. The molecule has 1 aliphatic heterocycles. The maximum absolute atomic E-state index is 12.3. The molecule has 1 rings (SSSR count).